The molecule has 0 unspecified atom stereocenters. The molecular weight excluding hydrogens is 418 g/mol. The molecule has 6 nitrogen and oxygen atoms in total. The van der Waals surface area contributed by atoms with E-state index in [4.69, 9.17) is 0 Å². The van der Waals surface area contributed by atoms with E-state index in [1.807, 2.05) is 14.1 Å². The largest absolute Gasteiger partial charge is 0.351 e. The van der Waals surface area contributed by atoms with Gasteiger partial charge in [0.15, 0.2) is 0 Å². The van der Waals surface area contributed by atoms with E-state index in [2.05, 4.69) is 40.0 Å². The third-order valence-corrected chi connectivity index (χ3v) is 6.94. The molecule has 1 aromatic carbocycles. The molecule has 26 heavy (non-hydrogen) atoms. The summed E-state index contributed by atoms with van der Waals surface area (Å²) in [7, 11) is 0.441. The number of carbonyl (C=O) groups is 1. The first kappa shape index (κ1) is 21.3. The van der Waals surface area contributed by atoms with Crippen molar-refractivity contribution < 1.29 is 13.2 Å². The van der Waals surface area contributed by atoms with E-state index in [1.165, 1.54) is 10.4 Å². The van der Waals surface area contributed by atoms with Crippen LogP contribution in [0.3, 0.4) is 0 Å². The Kier molecular flexibility index (Phi) is 6.87. The first-order valence-corrected chi connectivity index (χ1v) is 11.0. The second-order valence-corrected chi connectivity index (χ2v) is 10.6. The SMILES string of the molecule is CN(C)CC(C)(C)CNC(=O)c1cc(S(=O)(=O)N2CCCC2)ccc1Br. The predicted molar refractivity (Wildman–Crippen MR) is 107 cm³/mol. The zero-order valence-electron chi connectivity index (χ0n) is 15.9. The van der Waals surface area contributed by atoms with Crippen molar-refractivity contribution in [2.45, 2.75) is 31.6 Å². The summed E-state index contributed by atoms with van der Waals surface area (Å²) < 4.78 is 27.5. The summed E-state index contributed by atoms with van der Waals surface area (Å²) in [6.07, 6.45) is 1.76. The average Bonchev–Trinajstić information content (AvgIpc) is 3.07. The van der Waals surface area contributed by atoms with Crippen LogP contribution in [0.4, 0.5) is 0 Å². The molecule has 1 saturated heterocycles. The first-order chi connectivity index (χ1) is 12.0. The van der Waals surface area contributed by atoms with Crippen LogP contribution in [0, 0.1) is 5.41 Å². The Balaban J connectivity index is 2.17. The van der Waals surface area contributed by atoms with Crippen LogP contribution >= 0.6 is 15.9 Å². The molecule has 8 heteroatoms. The smallest absolute Gasteiger partial charge is 0.252 e. The van der Waals surface area contributed by atoms with Crippen molar-refractivity contribution in [2.24, 2.45) is 5.41 Å². The normalized spacial score (nSPS) is 16.2. The molecule has 146 valence electrons. The highest BCUT2D eigenvalue weighted by Crippen LogP contribution is 2.26. The molecule has 1 aliphatic rings. The fraction of sp³-hybridized carbons (Fsp3) is 0.611. The van der Waals surface area contributed by atoms with E-state index in [9.17, 15) is 13.2 Å². The van der Waals surface area contributed by atoms with E-state index in [0.717, 1.165) is 19.4 Å². The molecule has 0 aliphatic carbocycles. The van der Waals surface area contributed by atoms with Gasteiger partial charge >= 0.3 is 0 Å². The molecule has 0 radical (unpaired) electrons. The zero-order valence-corrected chi connectivity index (χ0v) is 18.3. The van der Waals surface area contributed by atoms with E-state index >= 15 is 0 Å². The van der Waals surface area contributed by atoms with Crippen LogP contribution in [0.1, 0.15) is 37.0 Å². The lowest BCUT2D eigenvalue weighted by atomic mass is 9.93. The Hall–Kier alpha value is -0.960. The van der Waals surface area contributed by atoms with Crippen molar-refractivity contribution in [3.63, 3.8) is 0 Å². The van der Waals surface area contributed by atoms with E-state index in [-0.39, 0.29) is 16.2 Å². The summed E-state index contributed by atoms with van der Waals surface area (Å²) in [6, 6.07) is 4.64. The number of nitrogens with zero attached hydrogens (tertiary/aromatic N) is 2. The molecule has 1 N–H and O–H groups in total. The summed E-state index contributed by atoms with van der Waals surface area (Å²) >= 11 is 3.36. The van der Waals surface area contributed by atoms with Crippen molar-refractivity contribution in [3.05, 3.63) is 28.2 Å². The van der Waals surface area contributed by atoms with Gasteiger partial charge in [-0.15, -0.1) is 0 Å². The minimum Gasteiger partial charge on any atom is -0.351 e. The first-order valence-electron chi connectivity index (χ1n) is 8.75. The Morgan fingerprint density at radius 3 is 2.46 bits per heavy atom. The molecule has 0 bridgehead atoms. The summed E-state index contributed by atoms with van der Waals surface area (Å²) in [5.41, 5.74) is 0.246. The summed E-state index contributed by atoms with van der Waals surface area (Å²) in [5.74, 6) is -0.276. The summed E-state index contributed by atoms with van der Waals surface area (Å²) in [5, 5.41) is 2.93. The lowest BCUT2D eigenvalue weighted by molar-refractivity contribution is 0.0928. The molecule has 1 amide bonds. The number of amides is 1. The topological polar surface area (TPSA) is 69.7 Å². The van der Waals surface area contributed by atoms with Crippen molar-refractivity contribution in [2.75, 3.05) is 40.3 Å². The minimum absolute atomic E-state index is 0.0924. The number of halogens is 1. The van der Waals surface area contributed by atoms with Crippen molar-refractivity contribution in [3.8, 4) is 0 Å². The Bertz CT molecular complexity index is 757. The van der Waals surface area contributed by atoms with Crippen LogP contribution in [-0.4, -0.2) is 63.8 Å². The predicted octanol–water partition coefficient (Wildman–Crippen LogP) is 2.55. The molecule has 1 fully saturated rings. The highest BCUT2D eigenvalue weighted by Gasteiger charge is 2.28. The van der Waals surface area contributed by atoms with Crippen molar-refractivity contribution >= 4 is 31.9 Å². The average molecular weight is 446 g/mol. The van der Waals surface area contributed by atoms with Crippen LogP contribution in [0.2, 0.25) is 0 Å². The maximum Gasteiger partial charge on any atom is 0.252 e. The molecule has 0 atom stereocenters. The highest BCUT2D eigenvalue weighted by atomic mass is 79.9. The summed E-state index contributed by atoms with van der Waals surface area (Å²) in [4.78, 5) is 14.9. The van der Waals surface area contributed by atoms with Gasteiger partial charge in [0.25, 0.3) is 5.91 Å². The standard InChI is InChI=1S/C18H28BrN3O3S/c1-18(2,13-21(3)4)12-20-17(23)15-11-14(7-8-16(15)19)26(24,25)22-9-5-6-10-22/h7-8,11H,5-6,9-10,12-13H2,1-4H3,(H,20,23). The fourth-order valence-corrected chi connectivity index (χ4v) is 5.21. The van der Waals surface area contributed by atoms with Gasteiger partial charge in [-0.1, -0.05) is 13.8 Å². The van der Waals surface area contributed by atoms with Crippen molar-refractivity contribution in [1.29, 1.82) is 0 Å². The molecule has 0 spiro atoms. The number of rotatable bonds is 7. The highest BCUT2D eigenvalue weighted by molar-refractivity contribution is 9.10. The lowest BCUT2D eigenvalue weighted by Crippen LogP contribution is -2.40. The third kappa shape index (κ3) is 5.28. The number of sulfonamides is 1. The molecule has 1 heterocycles. The Labute approximate surface area is 165 Å². The van der Waals surface area contributed by atoms with E-state index < -0.39 is 10.0 Å². The van der Waals surface area contributed by atoms with Gasteiger partial charge in [0, 0.05) is 30.7 Å². The van der Waals surface area contributed by atoms with E-state index in [1.54, 1.807) is 12.1 Å². The third-order valence-electron chi connectivity index (χ3n) is 4.36. The van der Waals surface area contributed by atoms with Gasteiger partial charge < -0.3 is 10.2 Å². The molecular formula is C18H28BrN3O3S. The monoisotopic (exact) mass is 445 g/mol. The summed E-state index contributed by atoms with van der Waals surface area (Å²) in [6.45, 7) is 6.57. The number of hydrogen-bond donors (Lipinski definition) is 1. The number of carbonyl (C=O) groups excluding carboxylic acids is 1. The fourth-order valence-electron chi connectivity index (χ4n) is 3.24. The number of nitrogens with one attached hydrogen (secondary N) is 1. The maximum atomic E-state index is 12.7. The Morgan fingerprint density at radius 2 is 1.88 bits per heavy atom. The van der Waals surface area contributed by atoms with Gasteiger partial charge in [-0.25, -0.2) is 8.42 Å². The maximum absolute atomic E-state index is 12.7. The van der Waals surface area contributed by atoms with Gasteiger partial charge in [0.2, 0.25) is 10.0 Å². The Morgan fingerprint density at radius 1 is 1.27 bits per heavy atom. The minimum atomic E-state index is -3.54. The molecule has 1 aliphatic heterocycles. The zero-order chi connectivity index (χ0) is 19.5. The lowest BCUT2D eigenvalue weighted by Gasteiger charge is -2.28. The molecule has 1 aromatic rings. The van der Waals surface area contributed by atoms with E-state index in [0.29, 0.717) is 29.7 Å². The van der Waals surface area contributed by atoms with Crippen LogP contribution < -0.4 is 5.32 Å². The van der Waals surface area contributed by atoms with Crippen LogP contribution in [0.25, 0.3) is 0 Å². The van der Waals surface area contributed by atoms with Crippen molar-refractivity contribution in [1.82, 2.24) is 14.5 Å². The second-order valence-electron chi connectivity index (χ2n) is 7.84. The van der Waals surface area contributed by atoms with Gasteiger partial charge in [-0.3, -0.25) is 4.79 Å². The van der Waals surface area contributed by atoms with Gasteiger partial charge in [-0.05, 0) is 66.5 Å². The molecule has 0 aromatic heterocycles. The van der Waals surface area contributed by atoms with Gasteiger partial charge in [-0.2, -0.15) is 4.31 Å². The molecule has 2 rings (SSSR count). The van der Waals surface area contributed by atoms with Crippen LogP contribution in [0.15, 0.2) is 27.6 Å². The molecule has 0 saturated carbocycles. The van der Waals surface area contributed by atoms with Crippen LogP contribution in [0.5, 0.6) is 0 Å². The van der Waals surface area contributed by atoms with Gasteiger partial charge in [0.05, 0.1) is 10.5 Å². The second kappa shape index (κ2) is 8.37. The van der Waals surface area contributed by atoms with Crippen LogP contribution in [-0.2, 0) is 10.0 Å². The van der Waals surface area contributed by atoms with Gasteiger partial charge in [0.1, 0.15) is 0 Å². The number of benzene rings is 1. The quantitative estimate of drug-likeness (QED) is 0.699. The number of hydrogen-bond acceptors (Lipinski definition) is 4.